The second-order valence-corrected chi connectivity index (χ2v) is 8.39. The highest BCUT2D eigenvalue weighted by atomic mass is 16.5. The van der Waals surface area contributed by atoms with Crippen LogP contribution in [0.3, 0.4) is 0 Å². The van der Waals surface area contributed by atoms with Gasteiger partial charge in [-0.05, 0) is 31.4 Å². The molecule has 2 saturated heterocycles. The number of benzene rings is 1. The fourth-order valence-electron chi connectivity index (χ4n) is 4.75. The third-order valence-electron chi connectivity index (χ3n) is 6.39. The summed E-state index contributed by atoms with van der Waals surface area (Å²) in [4.78, 5) is 29.3. The second kappa shape index (κ2) is 6.69. The van der Waals surface area contributed by atoms with E-state index in [4.69, 9.17) is 4.74 Å². The van der Waals surface area contributed by atoms with Crippen molar-refractivity contribution in [3.05, 3.63) is 30.3 Å². The molecule has 2 aliphatic heterocycles. The van der Waals surface area contributed by atoms with Gasteiger partial charge in [-0.1, -0.05) is 44.4 Å². The van der Waals surface area contributed by atoms with Gasteiger partial charge in [-0.25, -0.2) is 0 Å². The highest BCUT2D eigenvalue weighted by molar-refractivity contribution is 5.95. The first-order valence-electron chi connectivity index (χ1n) is 9.80. The maximum Gasteiger partial charge on any atom is 0.253 e. The Kier molecular flexibility index (Phi) is 4.51. The molecule has 0 radical (unpaired) electrons. The molecule has 1 aromatic carbocycles. The predicted molar refractivity (Wildman–Crippen MR) is 99.9 cm³/mol. The first-order valence-corrected chi connectivity index (χ1v) is 9.80. The first kappa shape index (κ1) is 17.5. The van der Waals surface area contributed by atoms with Gasteiger partial charge in [0.2, 0.25) is 5.91 Å². The van der Waals surface area contributed by atoms with Crippen molar-refractivity contribution >= 4 is 17.5 Å². The minimum absolute atomic E-state index is 0.00848. The van der Waals surface area contributed by atoms with Crippen molar-refractivity contribution < 1.29 is 14.3 Å². The number of amides is 2. The predicted octanol–water partition coefficient (Wildman–Crippen LogP) is 2.99. The molecule has 5 nitrogen and oxygen atoms in total. The van der Waals surface area contributed by atoms with Gasteiger partial charge in [0, 0.05) is 17.6 Å². The Labute approximate surface area is 155 Å². The molecule has 5 heteroatoms. The summed E-state index contributed by atoms with van der Waals surface area (Å²) in [6.07, 6.45) is 6.31. The molecule has 1 atom stereocenters. The third kappa shape index (κ3) is 3.13. The summed E-state index contributed by atoms with van der Waals surface area (Å²) in [7, 11) is 0. The molecule has 4 rings (SSSR count). The van der Waals surface area contributed by atoms with Crippen molar-refractivity contribution in [2.75, 3.05) is 31.1 Å². The molecule has 140 valence electrons. The van der Waals surface area contributed by atoms with Crippen molar-refractivity contribution in [3.8, 4) is 0 Å². The van der Waals surface area contributed by atoms with Crippen LogP contribution in [0.4, 0.5) is 5.69 Å². The first-order chi connectivity index (χ1) is 12.5. The Balaban J connectivity index is 1.48. The lowest BCUT2D eigenvalue weighted by atomic mass is 9.74. The third-order valence-corrected chi connectivity index (χ3v) is 6.39. The number of morpholine rings is 1. The summed E-state index contributed by atoms with van der Waals surface area (Å²) in [6, 6.07) is 9.75. The summed E-state index contributed by atoms with van der Waals surface area (Å²) < 4.78 is 6.01. The lowest BCUT2D eigenvalue weighted by molar-refractivity contribution is -0.145. The lowest BCUT2D eigenvalue weighted by Gasteiger charge is -2.41. The van der Waals surface area contributed by atoms with E-state index < -0.39 is 5.60 Å². The lowest BCUT2D eigenvalue weighted by Crippen LogP contribution is -2.56. The molecular formula is C21H28N2O3. The van der Waals surface area contributed by atoms with Crippen LogP contribution in [0.25, 0.3) is 0 Å². The van der Waals surface area contributed by atoms with Crippen molar-refractivity contribution in [2.24, 2.45) is 5.41 Å². The van der Waals surface area contributed by atoms with Crippen LogP contribution in [0.1, 0.15) is 45.4 Å². The zero-order valence-electron chi connectivity index (χ0n) is 15.6. The molecule has 0 N–H and O–H groups in total. The number of para-hydroxylation sites is 1. The van der Waals surface area contributed by atoms with Gasteiger partial charge in [0.1, 0.15) is 12.2 Å². The Morgan fingerprint density at radius 1 is 1.04 bits per heavy atom. The molecule has 26 heavy (non-hydrogen) atoms. The standard InChI is InChI=1S/C21H28N2O3/c1-20(10-6-3-7-11-20)19(25)22-13-12-21(15-22)16-23(18(24)14-26-21)17-8-4-2-5-9-17/h2,4-5,8-9H,3,6-7,10-16H2,1H3. The van der Waals surface area contributed by atoms with Crippen LogP contribution >= 0.6 is 0 Å². The molecule has 1 aromatic rings. The van der Waals surface area contributed by atoms with E-state index in [1.807, 2.05) is 40.1 Å². The number of carbonyl (C=O) groups excluding carboxylic acids is 2. The fraction of sp³-hybridized carbons (Fsp3) is 0.619. The van der Waals surface area contributed by atoms with Crippen LogP contribution in [0.15, 0.2) is 30.3 Å². The summed E-state index contributed by atoms with van der Waals surface area (Å²) in [6.45, 7) is 4.06. The number of rotatable bonds is 2. The molecule has 2 amide bonds. The molecule has 2 heterocycles. The molecule has 0 bridgehead atoms. The summed E-state index contributed by atoms with van der Waals surface area (Å²) >= 11 is 0. The van der Waals surface area contributed by atoms with Crippen LogP contribution in [0.5, 0.6) is 0 Å². The van der Waals surface area contributed by atoms with Crippen LogP contribution in [-0.2, 0) is 14.3 Å². The summed E-state index contributed by atoms with van der Waals surface area (Å²) in [5.74, 6) is 0.270. The Hall–Kier alpha value is -1.88. The summed E-state index contributed by atoms with van der Waals surface area (Å²) in [5.41, 5.74) is 0.266. The number of nitrogens with zero attached hydrogens (tertiary/aromatic N) is 2. The largest absolute Gasteiger partial charge is 0.361 e. The van der Waals surface area contributed by atoms with E-state index in [0.717, 1.165) is 44.3 Å². The van der Waals surface area contributed by atoms with Gasteiger partial charge in [-0.3, -0.25) is 9.59 Å². The van der Waals surface area contributed by atoms with Crippen LogP contribution in [-0.4, -0.2) is 48.6 Å². The molecule has 1 aliphatic carbocycles. The molecule has 1 saturated carbocycles. The quantitative estimate of drug-likeness (QED) is 0.818. The van der Waals surface area contributed by atoms with E-state index in [2.05, 4.69) is 6.92 Å². The number of hydrogen-bond acceptors (Lipinski definition) is 3. The van der Waals surface area contributed by atoms with E-state index in [1.165, 1.54) is 6.42 Å². The topological polar surface area (TPSA) is 49.9 Å². The normalized spacial score (nSPS) is 28.6. The van der Waals surface area contributed by atoms with Crippen molar-refractivity contribution in [2.45, 2.75) is 51.0 Å². The van der Waals surface area contributed by atoms with Gasteiger partial charge < -0.3 is 14.5 Å². The van der Waals surface area contributed by atoms with Gasteiger partial charge in [0.05, 0.1) is 13.1 Å². The van der Waals surface area contributed by atoms with Crippen molar-refractivity contribution in [1.29, 1.82) is 0 Å². The van der Waals surface area contributed by atoms with Gasteiger partial charge >= 0.3 is 0 Å². The number of anilines is 1. The molecular weight excluding hydrogens is 328 g/mol. The molecule has 3 fully saturated rings. The van der Waals surface area contributed by atoms with Gasteiger partial charge in [-0.15, -0.1) is 0 Å². The average molecular weight is 356 g/mol. The number of likely N-dealkylation sites (tertiary alicyclic amines) is 1. The monoisotopic (exact) mass is 356 g/mol. The SMILES string of the molecule is CC1(C(=O)N2CCC3(C2)CN(c2ccccc2)C(=O)CO3)CCCCC1. The smallest absolute Gasteiger partial charge is 0.253 e. The van der Waals surface area contributed by atoms with Crippen LogP contribution in [0, 0.1) is 5.41 Å². The second-order valence-electron chi connectivity index (χ2n) is 8.39. The van der Waals surface area contributed by atoms with E-state index in [9.17, 15) is 9.59 Å². The number of ether oxygens (including phenoxy) is 1. The maximum absolute atomic E-state index is 13.2. The van der Waals surface area contributed by atoms with E-state index in [-0.39, 0.29) is 23.8 Å². The average Bonchev–Trinajstić information content (AvgIpc) is 3.08. The minimum Gasteiger partial charge on any atom is -0.361 e. The zero-order chi connectivity index (χ0) is 18.2. The Morgan fingerprint density at radius 3 is 2.50 bits per heavy atom. The van der Waals surface area contributed by atoms with Crippen molar-refractivity contribution in [3.63, 3.8) is 0 Å². The van der Waals surface area contributed by atoms with Crippen LogP contribution < -0.4 is 4.90 Å². The number of carbonyl (C=O) groups is 2. The molecule has 1 spiro atoms. The van der Waals surface area contributed by atoms with E-state index in [1.54, 1.807) is 0 Å². The molecule has 1 unspecified atom stereocenters. The van der Waals surface area contributed by atoms with Crippen molar-refractivity contribution in [1.82, 2.24) is 4.90 Å². The van der Waals surface area contributed by atoms with Crippen LogP contribution in [0.2, 0.25) is 0 Å². The highest BCUT2D eigenvalue weighted by Crippen LogP contribution is 2.40. The molecule has 0 aromatic heterocycles. The van der Waals surface area contributed by atoms with Gasteiger partial charge in [0.15, 0.2) is 0 Å². The highest BCUT2D eigenvalue weighted by Gasteiger charge is 2.49. The minimum atomic E-state index is -0.426. The van der Waals surface area contributed by atoms with Gasteiger partial charge in [0.25, 0.3) is 5.91 Å². The van der Waals surface area contributed by atoms with E-state index in [0.29, 0.717) is 13.1 Å². The zero-order valence-corrected chi connectivity index (χ0v) is 15.6. The van der Waals surface area contributed by atoms with E-state index >= 15 is 0 Å². The molecule has 3 aliphatic rings. The maximum atomic E-state index is 13.2. The Bertz CT molecular complexity index is 684. The number of hydrogen-bond donors (Lipinski definition) is 0. The summed E-state index contributed by atoms with van der Waals surface area (Å²) in [5, 5.41) is 0. The Morgan fingerprint density at radius 2 is 1.77 bits per heavy atom. The fourth-order valence-corrected chi connectivity index (χ4v) is 4.75. The van der Waals surface area contributed by atoms with Gasteiger partial charge in [-0.2, -0.15) is 0 Å².